The lowest BCUT2D eigenvalue weighted by atomic mass is 9.94. The van der Waals surface area contributed by atoms with Gasteiger partial charge in [-0.25, -0.2) is 13.1 Å². The highest BCUT2D eigenvalue weighted by Crippen LogP contribution is 2.33. The van der Waals surface area contributed by atoms with Gasteiger partial charge in [0.25, 0.3) is 0 Å². The summed E-state index contributed by atoms with van der Waals surface area (Å²) >= 11 is 0. The normalized spacial score (nSPS) is 15.8. The predicted molar refractivity (Wildman–Crippen MR) is 131 cm³/mol. The number of hydrogen-bond donors (Lipinski definition) is 1. The van der Waals surface area contributed by atoms with Crippen molar-refractivity contribution in [3.63, 3.8) is 0 Å². The zero-order valence-corrected chi connectivity index (χ0v) is 18.9. The van der Waals surface area contributed by atoms with Crippen molar-refractivity contribution in [2.45, 2.75) is 23.9 Å². The van der Waals surface area contributed by atoms with Crippen LogP contribution in [0, 0.1) is 0 Å². The van der Waals surface area contributed by atoms with Gasteiger partial charge in [0.2, 0.25) is 10.0 Å². The molecule has 0 spiro atoms. The summed E-state index contributed by atoms with van der Waals surface area (Å²) in [5.74, 6) is 0. The Bertz CT molecular complexity index is 1330. The lowest BCUT2D eigenvalue weighted by molar-refractivity contribution is 0.524. The van der Waals surface area contributed by atoms with Crippen molar-refractivity contribution in [3.05, 3.63) is 115 Å². The maximum atomic E-state index is 13.0. The van der Waals surface area contributed by atoms with E-state index in [9.17, 15) is 8.42 Å². The lowest BCUT2D eigenvalue weighted by Gasteiger charge is -2.36. The largest absolute Gasteiger partial charge is 0.365 e. The summed E-state index contributed by atoms with van der Waals surface area (Å²) in [6.45, 7) is 1.31. The van der Waals surface area contributed by atoms with E-state index in [2.05, 4.69) is 44.9 Å². The number of sulfonamides is 1. The van der Waals surface area contributed by atoms with Crippen molar-refractivity contribution in [1.82, 2.24) is 9.71 Å². The average molecular weight is 456 g/mol. The minimum Gasteiger partial charge on any atom is -0.365 e. The first-order valence-corrected chi connectivity index (χ1v) is 12.5. The van der Waals surface area contributed by atoms with E-state index in [0.717, 1.165) is 22.4 Å². The molecule has 5 nitrogen and oxygen atoms in total. The van der Waals surface area contributed by atoms with Gasteiger partial charge in [0.1, 0.15) is 0 Å². The molecule has 0 bridgehead atoms. The fourth-order valence-electron chi connectivity index (χ4n) is 4.40. The molecule has 0 saturated heterocycles. The van der Waals surface area contributed by atoms with Gasteiger partial charge >= 0.3 is 0 Å². The monoisotopic (exact) mass is 455 g/mol. The number of anilines is 1. The maximum Gasteiger partial charge on any atom is 0.240 e. The molecule has 0 amide bonds. The van der Waals surface area contributed by atoms with Crippen LogP contribution < -0.4 is 9.62 Å². The van der Waals surface area contributed by atoms with Crippen LogP contribution in [0.2, 0.25) is 0 Å². The average Bonchev–Trinajstić information content (AvgIpc) is 2.85. The molecule has 0 saturated carbocycles. The van der Waals surface area contributed by atoms with Crippen molar-refractivity contribution in [1.29, 1.82) is 0 Å². The van der Waals surface area contributed by atoms with E-state index in [4.69, 9.17) is 0 Å². The molecule has 3 aromatic carbocycles. The number of pyridine rings is 1. The third-order valence-electron chi connectivity index (χ3n) is 5.93. The van der Waals surface area contributed by atoms with Gasteiger partial charge in [-0.2, -0.15) is 0 Å². The Labute approximate surface area is 194 Å². The van der Waals surface area contributed by atoms with E-state index in [0.29, 0.717) is 19.5 Å². The molecule has 4 aromatic rings. The Morgan fingerprint density at radius 3 is 2.27 bits per heavy atom. The molecule has 1 N–H and O–H groups in total. The van der Waals surface area contributed by atoms with Crippen LogP contribution in [0.15, 0.2) is 108 Å². The standard InChI is InChI=1S/C27H25N3O2S/c31-33(32,26-9-5-2-6-10-26)29-25-18-24-17-23(22-13-15-28-16-14-22)11-12-27(24)30(20-25)19-21-7-3-1-4-8-21/h1-17,25,29H,18-20H2. The van der Waals surface area contributed by atoms with Gasteiger partial charge in [-0.15, -0.1) is 0 Å². The van der Waals surface area contributed by atoms with Gasteiger partial charge in [-0.3, -0.25) is 4.98 Å². The summed E-state index contributed by atoms with van der Waals surface area (Å²) in [4.78, 5) is 6.67. The number of nitrogens with zero attached hydrogens (tertiary/aromatic N) is 2. The second-order valence-electron chi connectivity index (χ2n) is 8.28. The highest BCUT2D eigenvalue weighted by molar-refractivity contribution is 7.89. The fourth-order valence-corrected chi connectivity index (χ4v) is 5.64. The minimum atomic E-state index is -3.61. The fraction of sp³-hybridized carbons (Fsp3) is 0.148. The number of hydrogen-bond acceptors (Lipinski definition) is 4. The SMILES string of the molecule is O=S(=O)(NC1Cc2cc(-c3ccncc3)ccc2N(Cc2ccccc2)C1)c1ccccc1. The van der Waals surface area contributed by atoms with Crippen LogP contribution in [0.3, 0.4) is 0 Å². The summed E-state index contributed by atoms with van der Waals surface area (Å²) in [7, 11) is -3.61. The molecule has 0 fully saturated rings. The van der Waals surface area contributed by atoms with Crippen molar-refractivity contribution < 1.29 is 8.42 Å². The van der Waals surface area contributed by atoms with Crippen LogP contribution in [0.4, 0.5) is 5.69 Å². The number of rotatable bonds is 6. The first kappa shape index (κ1) is 21.4. The zero-order chi connectivity index (χ0) is 22.7. The Kier molecular flexibility index (Phi) is 5.94. The summed E-state index contributed by atoms with van der Waals surface area (Å²) in [6, 6.07) is 29.0. The van der Waals surface area contributed by atoms with Crippen molar-refractivity contribution in [2.24, 2.45) is 0 Å². The van der Waals surface area contributed by atoms with Crippen LogP contribution >= 0.6 is 0 Å². The number of nitrogens with one attached hydrogen (secondary N) is 1. The number of aromatic nitrogens is 1. The highest BCUT2D eigenvalue weighted by Gasteiger charge is 2.28. The van der Waals surface area contributed by atoms with Crippen molar-refractivity contribution in [2.75, 3.05) is 11.4 Å². The van der Waals surface area contributed by atoms with Gasteiger partial charge in [0.15, 0.2) is 0 Å². The van der Waals surface area contributed by atoms with Crippen LogP contribution in [0.1, 0.15) is 11.1 Å². The van der Waals surface area contributed by atoms with Crippen LogP contribution in [-0.2, 0) is 23.0 Å². The summed E-state index contributed by atoms with van der Waals surface area (Å²) in [5, 5.41) is 0. The van der Waals surface area contributed by atoms with E-state index in [1.165, 1.54) is 5.56 Å². The van der Waals surface area contributed by atoms with Gasteiger partial charge in [-0.05, 0) is 65.1 Å². The molecule has 2 heterocycles. The quantitative estimate of drug-likeness (QED) is 0.459. The van der Waals surface area contributed by atoms with Gasteiger partial charge < -0.3 is 4.90 Å². The number of benzene rings is 3. The number of fused-ring (bicyclic) bond motifs is 1. The molecule has 1 aliphatic heterocycles. The second-order valence-corrected chi connectivity index (χ2v) is 9.99. The third kappa shape index (κ3) is 4.82. The van der Waals surface area contributed by atoms with Gasteiger partial charge in [-0.1, -0.05) is 54.6 Å². The van der Waals surface area contributed by atoms with Crippen molar-refractivity contribution >= 4 is 15.7 Å². The van der Waals surface area contributed by atoms with Crippen LogP contribution in [0.25, 0.3) is 11.1 Å². The summed E-state index contributed by atoms with van der Waals surface area (Å²) in [5.41, 5.74) is 5.66. The van der Waals surface area contributed by atoms with E-state index < -0.39 is 10.0 Å². The predicted octanol–water partition coefficient (Wildman–Crippen LogP) is 4.66. The van der Waals surface area contributed by atoms with E-state index in [1.54, 1.807) is 36.7 Å². The van der Waals surface area contributed by atoms with E-state index in [1.807, 2.05) is 36.4 Å². The molecule has 33 heavy (non-hydrogen) atoms. The Morgan fingerprint density at radius 2 is 1.55 bits per heavy atom. The Hall–Kier alpha value is -3.48. The van der Waals surface area contributed by atoms with Crippen LogP contribution in [0.5, 0.6) is 0 Å². The molecule has 1 unspecified atom stereocenters. The van der Waals surface area contributed by atoms with Crippen molar-refractivity contribution in [3.8, 4) is 11.1 Å². The molecule has 1 atom stereocenters. The molecule has 1 aliphatic rings. The Morgan fingerprint density at radius 1 is 0.848 bits per heavy atom. The molecular formula is C27H25N3O2S. The molecular weight excluding hydrogens is 430 g/mol. The maximum absolute atomic E-state index is 13.0. The highest BCUT2D eigenvalue weighted by atomic mass is 32.2. The van der Waals surface area contributed by atoms with E-state index in [-0.39, 0.29) is 10.9 Å². The van der Waals surface area contributed by atoms with Crippen LogP contribution in [-0.4, -0.2) is 26.0 Å². The third-order valence-corrected chi connectivity index (χ3v) is 7.47. The Balaban J connectivity index is 1.48. The topological polar surface area (TPSA) is 62.3 Å². The smallest absolute Gasteiger partial charge is 0.240 e. The van der Waals surface area contributed by atoms with Gasteiger partial charge in [0, 0.05) is 37.2 Å². The summed E-state index contributed by atoms with van der Waals surface area (Å²) in [6.07, 6.45) is 4.20. The minimum absolute atomic E-state index is 0.237. The first-order chi connectivity index (χ1) is 16.1. The molecule has 0 aliphatic carbocycles. The molecule has 0 radical (unpaired) electrons. The molecule has 166 valence electrons. The second kappa shape index (κ2) is 9.17. The molecule has 6 heteroatoms. The molecule has 5 rings (SSSR count). The lowest BCUT2D eigenvalue weighted by Crippen LogP contribution is -2.48. The molecule has 1 aromatic heterocycles. The zero-order valence-electron chi connectivity index (χ0n) is 18.1. The summed E-state index contributed by atoms with van der Waals surface area (Å²) < 4.78 is 29.0. The van der Waals surface area contributed by atoms with Gasteiger partial charge in [0.05, 0.1) is 4.90 Å². The van der Waals surface area contributed by atoms with E-state index >= 15 is 0 Å². The first-order valence-electron chi connectivity index (χ1n) is 11.0.